The number of thiazole rings is 1. The molecule has 1 aliphatic rings. The summed E-state index contributed by atoms with van der Waals surface area (Å²) >= 11 is 5.21. The maximum atomic E-state index is 5.40. The third kappa shape index (κ3) is 2.91. The number of rotatable bonds is 4. The molecule has 1 aliphatic heterocycles. The van der Waals surface area contributed by atoms with E-state index in [4.69, 9.17) is 9.47 Å². The zero-order chi connectivity index (χ0) is 13.2. The average molecular weight is 341 g/mol. The summed E-state index contributed by atoms with van der Waals surface area (Å²) in [5, 5.41) is 4.49. The fourth-order valence-corrected chi connectivity index (χ4v) is 3.28. The summed E-state index contributed by atoms with van der Waals surface area (Å²) in [5.41, 5.74) is 1.16. The summed E-state index contributed by atoms with van der Waals surface area (Å²) in [4.78, 5) is 5.56. The number of fused-ring (bicyclic) bond motifs is 1. The van der Waals surface area contributed by atoms with E-state index in [1.165, 1.54) is 4.88 Å². The lowest BCUT2D eigenvalue weighted by Gasteiger charge is -2.06. The Kier molecular flexibility index (Phi) is 3.72. The molecule has 0 atom stereocenters. The van der Waals surface area contributed by atoms with Crippen molar-refractivity contribution in [3.8, 4) is 11.5 Å². The normalized spacial score (nSPS) is 12.9. The molecule has 6 heteroatoms. The lowest BCUT2D eigenvalue weighted by molar-refractivity contribution is 0.173. The Balaban J connectivity index is 1.63. The van der Waals surface area contributed by atoms with Crippen LogP contribution in [0.1, 0.15) is 15.4 Å². The molecule has 0 bridgehead atoms. The van der Waals surface area contributed by atoms with Gasteiger partial charge in [0.15, 0.2) is 11.5 Å². The van der Waals surface area contributed by atoms with Crippen molar-refractivity contribution in [3.05, 3.63) is 38.3 Å². The predicted octanol–water partition coefficient (Wildman–Crippen LogP) is 3.23. The van der Waals surface area contributed by atoms with Gasteiger partial charge in [0, 0.05) is 24.2 Å². The van der Waals surface area contributed by atoms with E-state index >= 15 is 0 Å². The Labute approximate surface area is 123 Å². The molecule has 1 N–H and O–H groups in total. The van der Waals surface area contributed by atoms with Crippen LogP contribution >= 0.6 is 27.3 Å². The SMILES string of the molecule is Cc1cnc(CNCc2cc(Br)c3c(c2)OCO3)s1. The number of aromatic nitrogens is 1. The highest BCUT2D eigenvalue weighted by Crippen LogP contribution is 2.39. The first-order valence-corrected chi connectivity index (χ1v) is 7.53. The van der Waals surface area contributed by atoms with Gasteiger partial charge in [-0.3, -0.25) is 0 Å². The zero-order valence-electron chi connectivity index (χ0n) is 10.4. The van der Waals surface area contributed by atoms with Crippen LogP contribution in [-0.4, -0.2) is 11.8 Å². The highest BCUT2D eigenvalue weighted by Gasteiger charge is 2.17. The minimum atomic E-state index is 0.295. The van der Waals surface area contributed by atoms with E-state index in [0.29, 0.717) is 6.79 Å². The van der Waals surface area contributed by atoms with E-state index in [-0.39, 0.29) is 0 Å². The summed E-state index contributed by atoms with van der Waals surface area (Å²) in [6, 6.07) is 4.06. The smallest absolute Gasteiger partial charge is 0.231 e. The van der Waals surface area contributed by atoms with Crippen molar-refractivity contribution in [2.24, 2.45) is 0 Å². The van der Waals surface area contributed by atoms with Crippen LogP contribution in [0.25, 0.3) is 0 Å². The Hall–Kier alpha value is -1.11. The third-order valence-electron chi connectivity index (χ3n) is 2.76. The Morgan fingerprint density at radius 3 is 3.05 bits per heavy atom. The van der Waals surface area contributed by atoms with Gasteiger partial charge in [-0.2, -0.15) is 0 Å². The van der Waals surface area contributed by atoms with Crippen LogP contribution in [0, 0.1) is 6.92 Å². The molecule has 0 saturated carbocycles. The predicted molar refractivity (Wildman–Crippen MR) is 77.7 cm³/mol. The summed E-state index contributed by atoms with van der Waals surface area (Å²) in [6.07, 6.45) is 1.90. The van der Waals surface area contributed by atoms with Crippen molar-refractivity contribution in [2.45, 2.75) is 20.0 Å². The molecule has 0 saturated heterocycles. The number of nitrogens with zero attached hydrogens (tertiary/aromatic N) is 1. The molecule has 0 aliphatic carbocycles. The molecule has 0 fully saturated rings. The van der Waals surface area contributed by atoms with Gasteiger partial charge >= 0.3 is 0 Å². The molecule has 1 aromatic heterocycles. The second-order valence-electron chi connectivity index (χ2n) is 4.28. The number of hydrogen-bond donors (Lipinski definition) is 1. The van der Waals surface area contributed by atoms with E-state index in [2.05, 4.69) is 33.2 Å². The van der Waals surface area contributed by atoms with Crippen LogP contribution in [-0.2, 0) is 13.1 Å². The Morgan fingerprint density at radius 1 is 1.37 bits per heavy atom. The van der Waals surface area contributed by atoms with Gasteiger partial charge in [-0.05, 0) is 40.5 Å². The minimum absolute atomic E-state index is 0.295. The molecule has 0 unspecified atom stereocenters. The molecule has 2 aromatic rings. The number of halogens is 1. The standard InChI is InChI=1S/C13H13BrN2O2S/c1-8-4-16-12(19-8)6-15-5-9-2-10(14)13-11(3-9)17-7-18-13/h2-4,15H,5-7H2,1H3. The molecule has 2 heterocycles. The quantitative estimate of drug-likeness (QED) is 0.927. The number of benzene rings is 1. The first-order chi connectivity index (χ1) is 9.22. The first-order valence-electron chi connectivity index (χ1n) is 5.92. The van der Waals surface area contributed by atoms with Crippen LogP contribution in [0.5, 0.6) is 11.5 Å². The molecule has 4 nitrogen and oxygen atoms in total. The zero-order valence-corrected chi connectivity index (χ0v) is 12.8. The topological polar surface area (TPSA) is 43.4 Å². The van der Waals surface area contributed by atoms with Gasteiger partial charge in [-0.15, -0.1) is 11.3 Å². The fraction of sp³-hybridized carbons (Fsp3) is 0.308. The number of ether oxygens (including phenoxy) is 2. The molecule has 0 amide bonds. The van der Waals surface area contributed by atoms with Crippen molar-refractivity contribution in [3.63, 3.8) is 0 Å². The van der Waals surface area contributed by atoms with Gasteiger partial charge < -0.3 is 14.8 Å². The van der Waals surface area contributed by atoms with E-state index in [1.54, 1.807) is 11.3 Å². The molecule has 0 radical (unpaired) electrons. The average Bonchev–Trinajstić information content (AvgIpc) is 2.98. The highest BCUT2D eigenvalue weighted by atomic mass is 79.9. The maximum Gasteiger partial charge on any atom is 0.231 e. The highest BCUT2D eigenvalue weighted by molar-refractivity contribution is 9.10. The molecule has 3 rings (SSSR count). The number of nitrogens with one attached hydrogen (secondary N) is 1. The molecule has 100 valence electrons. The third-order valence-corrected chi connectivity index (χ3v) is 4.26. The monoisotopic (exact) mass is 340 g/mol. The van der Waals surface area contributed by atoms with Crippen molar-refractivity contribution >= 4 is 27.3 Å². The van der Waals surface area contributed by atoms with Crippen molar-refractivity contribution < 1.29 is 9.47 Å². The number of hydrogen-bond acceptors (Lipinski definition) is 5. The second-order valence-corrected chi connectivity index (χ2v) is 6.45. The lowest BCUT2D eigenvalue weighted by Crippen LogP contribution is -2.12. The van der Waals surface area contributed by atoms with Gasteiger partial charge in [0.05, 0.1) is 4.47 Å². The van der Waals surface area contributed by atoms with Gasteiger partial charge in [-0.1, -0.05) is 0 Å². The largest absolute Gasteiger partial charge is 0.454 e. The summed E-state index contributed by atoms with van der Waals surface area (Å²) in [5.74, 6) is 1.59. The summed E-state index contributed by atoms with van der Waals surface area (Å²) in [6.45, 7) is 3.91. The lowest BCUT2D eigenvalue weighted by atomic mass is 10.2. The van der Waals surface area contributed by atoms with Gasteiger partial charge in [-0.25, -0.2) is 4.98 Å². The van der Waals surface area contributed by atoms with E-state index in [1.807, 2.05) is 18.3 Å². The van der Waals surface area contributed by atoms with Crippen molar-refractivity contribution in [2.75, 3.05) is 6.79 Å². The second kappa shape index (κ2) is 5.48. The van der Waals surface area contributed by atoms with Crippen molar-refractivity contribution in [1.82, 2.24) is 10.3 Å². The van der Waals surface area contributed by atoms with Crippen LogP contribution in [0.3, 0.4) is 0 Å². The Morgan fingerprint density at radius 2 is 2.26 bits per heavy atom. The van der Waals surface area contributed by atoms with E-state index < -0.39 is 0 Å². The van der Waals surface area contributed by atoms with Crippen LogP contribution < -0.4 is 14.8 Å². The van der Waals surface area contributed by atoms with Gasteiger partial charge in [0.2, 0.25) is 6.79 Å². The molecular weight excluding hydrogens is 328 g/mol. The van der Waals surface area contributed by atoms with Crippen LogP contribution in [0.4, 0.5) is 0 Å². The summed E-state index contributed by atoms with van der Waals surface area (Å²) in [7, 11) is 0. The Bertz CT molecular complexity index is 600. The molecule has 1 aromatic carbocycles. The molecule has 19 heavy (non-hydrogen) atoms. The number of aryl methyl sites for hydroxylation is 1. The maximum absolute atomic E-state index is 5.40. The molecule has 0 spiro atoms. The van der Waals surface area contributed by atoms with E-state index in [9.17, 15) is 0 Å². The summed E-state index contributed by atoms with van der Waals surface area (Å²) < 4.78 is 11.7. The van der Waals surface area contributed by atoms with E-state index in [0.717, 1.165) is 39.6 Å². The van der Waals surface area contributed by atoms with Crippen molar-refractivity contribution in [1.29, 1.82) is 0 Å². The van der Waals surface area contributed by atoms with Gasteiger partial charge in [0.25, 0.3) is 0 Å². The first kappa shape index (κ1) is 12.9. The minimum Gasteiger partial charge on any atom is -0.454 e. The fourth-order valence-electron chi connectivity index (χ4n) is 1.92. The van der Waals surface area contributed by atoms with Crippen LogP contribution in [0.15, 0.2) is 22.8 Å². The van der Waals surface area contributed by atoms with Gasteiger partial charge in [0.1, 0.15) is 5.01 Å². The van der Waals surface area contributed by atoms with Crippen LogP contribution in [0.2, 0.25) is 0 Å². The molecular formula is C13H13BrN2O2S.